The Hall–Kier alpha value is -3.82. The molecule has 8 nitrogen and oxygen atoms in total. The number of benzene rings is 1. The quantitative estimate of drug-likeness (QED) is 0.389. The number of halogens is 1. The molecule has 1 aliphatic rings. The van der Waals surface area contributed by atoms with Gasteiger partial charge in [0.15, 0.2) is 5.82 Å². The second-order valence-electron chi connectivity index (χ2n) is 9.12. The van der Waals surface area contributed by atoms with E-state index in [0.717, 1.165) is 36.3 Å². The number of nitrogens with one attached hydrogen (secondary N) is 2. The van der Waals surface area contributed by atoms with E-state index in [1.165, 1.54) is 11.6 Å². The average molecular weight is 490 g/mol. The number of methoxy groups -OCH3 is 1. The molecule has 1 unspecified atom stereocenters. The molecular weight excluding hydrogens is 461 g/mol. The Morgan fingerprint density at radius 1 is 1.28 bits per heavy atom. The van der Waals surface area contributed by atoms with Gasteiger partial charge in [-0.25, -0.2) is 4.39 Å². The van der Waals surface area contributed by atoms with Crippen molar-refractivity contribution in [3.63, 3.8) is 0 Å². The third-order valence-corrected chi connectivity index (χ3v) is 6.58. The minimum Gasteiger partial charge on any atom is -0.383 e. The van der Waals surface area contributed by atoms with Crippen LogP contribution in [0, 0.1) is 11.7 Å². The number of fused-ring (bicyclic) bond motifs is 3. The lowest BCUT2D eigenvalue weighted by molar-refractivity contribution is 0.0932. The van der Waals surface area contributed by atoms with Crippen molar-refractivity contribution in [3.05, 3.63) is 87.9 Å². The zero-order chi connectivity index (χ0) is 25.2. The van der Waals surface area contributed by atoms with Crippen molar-refractivity contribution in [2.45, 2.75) is 13.5 Å². The van der Waals surface area contributed by atoms with Gasteiger partial charge in [0.2, 0.25) is 0 Å². The van der Waals surface area contributed by atoms with Crippen molar-refractivity contribution in [1.82, 2.24) is 24.6 Å². The summed E-state index contributed by atoms with van der Waals surface area (Å²) in [6.45, 7) is 5.44. The van der Waals surface area contributed by atoms with Gasteiger partial charge in [0, 0.05) is 45.7 Å². The van der Waals surface area contributed by atoms with Crippen LogP contribution in [0.25, 0.3) is 22.1 Å². The molecule has 4 aromatic rings. The molecule has 36 heavy (non-hydrogen) atoms. The van der Waals surface area contributed by atoms with Crippen LogP contribution in [-0.4, -0.2) is 58.5 Å². The summed E-state index contributed by atoms with van der Waals surface area (Å²) in [6.07, 6.45) is 5.54. The highest BCUT2D eigenvalue weighted by molar-refractivity contribution is 5.92. The van der Waals surface area contributed by atoms with Crippen LogP contribution in [0.5, 0.6) is 0 Å². The number of rotatable bonds is 7. The van der Waals surface area contributed by atoms with Crippen molar-refractivity contribution in [1.29, 1.82) is 0 Å². The minimum atomic E-state index is -0.526. The minimum absolute atomic E-state index is 0.0343. The summed E-state index contributed by atoms with van der Waals surface area (Å²) < 4.78 is 20.5. The predicted molar refractivity (Wildman–Crippen MR) is 136 cm³/mol. The Labute approximate surface area is 207 Å². The predicted octanol–water partition coefficient (Wildman–Crippen LogP) is 3.23. The molecule has 4 heterocycles. The van der Waals surface area contributed by atoms with Crippen LogP contribution >= 0.6 is 0 Å². The first-order valence-corrected chi connectivity index (χ1v) is 11.9. The zero-order valence-corrected chi connectivity index (χ0v) is 20.3. The second kappa shape index (κ2) is 10.0. The molecule has 0 spiro atoms. The van der Waals surface area contributed by atoms with Gasteiger partial charge in [-0.05, 0) is 46.9 Å². The first kappa shape index (κ1) is 23.9. The average Bonchev–Trinajstić information content (AvgIpc) is 3.26. The Morgan fingerprint density at radius 2 is 2.14 bits per heavy atom. The van der Waals surface area contributed by atoms with E-state index < -0.39 is 11.4 Å². The van der Waals surface area contributed by atoms with E-state index in [0.29, 0.717) is 24.4 Å². The van der Waals surface area contributed by atoms with Gasteiger partial charge in [-0.1, -0.05) is 25.1 Å². The molecule has 0 fully saturated rings. The topological polar surface area (TPSA) is 91.7 Å². The van der Waals surface area contributed by atoms with E-state index in [-0.39, 0.29) is 17.3 Å². The number of carbonyl (C=O) groups excluding carboxylic acids is 1. The summed E-state index contributed by atoms with van der Waals surface area (Å²) in [7, 11) is 1.59. The Bertz CT molecular complexity index is 1510. The molecule has 1 aliphatic heterocycles. The molecule has 0 aliphatic carbocycles. The summed E-state index contributed by atoms with van der Waals surface area (Å²) in [5.41, 5.74) is 4.72. The maximum absolute atomic E-state index is 13.9. The summed E-state index contributed by atoms with van der Waals surface area (Å²) in [6, 6.07) is 10.9. The van der Waals surface area contributed by atoms with Gasteiger partial charge in [0.1, 0.15) is 11.2 Å². The van der Waals surface area contributed by atoms with Crippen LogP contribution in [0.15, 0.2) is 59.7 Å². The van der Waals surface area contributed by atoms with Crippen molar-refractivity contribution >= 4 is 28.0 Å². The number of hydrogen-bond donors (Lipinski definition) is 2. The third kappa shape index (κ3) is 4.67. The SMILES string of the molecule is COCCNC(=O)c1ccc(C2=CCN(Cc3ccc4c(c3)[nH]c(=O)c3c(F)ccn34)CC2C)cn1. The molecule has 2 N–H and O–H groups in total. The highest BCUT2D eigenvalue weighted by atomic mass is 19.1. The van der Waals surface area contributed by atoms with Crippen molar-refractivity contribution in [2.75, 3.05) is 33.4 Å². The molecule has 1 aromatic carbocycles. The first-order chi connectivity index (χ1) is 17.4. The number of nitrogens with zero attached hydrogens (tertiary/aromatic N) is 3. The number of ether oxygens (including phenoxy) is 1. The van der Waals surface area contributed by atoms with Gasteiger partial charge in [-0.3, -0.25) is 19.5 Å². The largest absolute Gasteiger partial charge is 0.383 e. The molecule has 1 amide bonds. The third-order valence-electron chi connectivity index (χ3n) is 6.58. The highest BCUT2D eigenvalue weighted by Gasteiger charge is 2.21. The van der Waals surface area contributed by atoms with Crippen LogP contribution in [0.1, 0.15) is 28.5 Å². The summed E-state index contributed by atoms with van der Waals surface area (Å²) in [5, 5.41) is 2.78. The molecule has 0 radical (unpaired) electrons. The number of aromatic nitrogens is 3. The number of carbonyl (C=O) groups is 1. The molecular formula is C27H28FN5O3. The summed E-state index contributed by atoms with van der Waals surface area (Å²) >= 11 is 0. The van der Waals surface area contributed by atoms with Gasteiger partial charge in [-0.2, -0.15) is 0 Å². The standard InChI is InChI=1S/C27H28FN5O3/c1-17-15-32(10-7-20(17)19-4-5-22(30-14-19)26(34)29-9-12-36-2)16-18-3-6-24-23(13-18)31-27(35)25-21(28)8-11-33(24)25/h3-8,11,13-14,17H,9-10,12,15-16H2,1-2H3,(H,29,34)(H,31,35). The maximum Gasteiger partial charge on any atom is 0.275 e. The molecule has 9 heteroatoms. The lowest BCUT2D eigenvalue weighted by atomic mass is 9.91. The molecule has 1 atom stereocenters. The van der Waals surface area contributed by atoms with Gasteiger partial charge in [0.25, 0.3) is 11.5 Å². The normalized spacial score (nSPS) is 16.4. The fourth-order valence-corrected chi connectivity index (χ4v) is 4.83. The first-order valence-electron chi connectivity index (χ1n) is 11.9. The van der Waals surface area contributed by atoms with E-state index in [1.54, 1.807) is 30.0 Å². The van der Waals surface area contributed by atoms with E-state index in [1.807, 2.05) is 24.3 Å². The van der Waals surface area contributed by atoms with Gasteiger partial charge in [-0.15, -0.1) is 0 Å². The van der Waals surface area contributed by atoms with E-state index in [2.05, 4.69) is 33.2 Å². The Kier molecular flexibility index (Phi) is 6.67. The number of pyridine rings is 1. The maximum atomic E-state index is 13.9. The lowest BCUT2D eigenvalue weighted by Crippen LogP contribution is -2.33. The lowest BCUT2D eigenvalue weighted by Gasteiger charge is -2.31. The Balaban J connectivity index is 1.28. The number of H-pyrrole nitrogens is 1. The van der Waals surface area contributed by atoms with Gasteiger partial charge < -0.3 is 19.4 Å². The van der Waals surface area contributed by atoms with Gasteiger partial charge in [0.05, 0.1) is 17.6 Å². The molecule has 0 saturated heterocycles. The van der Waals surface area contributed by atoms with Crippen LogP contribution in [0.4, 0.5) is 4.39 Å². The monoisotopic (exact) mass is 489 g/mol. The fourth-order valence-electron chi connectivity index (χ4n) is 4.83. The van der Waals surface area contributed by atoms with E-state index >= 15 is 0 Å². The van der Waals surface area contributed by atoms with Gasteiger partial charge >= 0.3 is 0 Å². The van der Waals surface area contributed by atoms with E-state index in [4.69, 9.17) is 4.74 Å². The molecule has 3 aromatic heterocycles. The number of hydrogen-bond acceptors (Lipinski definition) is 5. The van der Waals surface area contributed by atoms with Crippen LogP contribution < -0.4 is 10.9 Å². The smallest absolute Gasteiger partial charge is 0.275 e. The van der Waals surface area contributed by atoms with Crippen molar-refractivity contribution in [2.24, 2.45) is 5.92 Å². The zero-order valence-electron chi connectivity index (χ0n) is 20.3. The van der Waals surface area contributed by atoms with Crippen LogP contribution in [0.2, 0.25) is 0 Å². The van der Waals surface area contributed by atoms with Crippen LogP contribution in [0.3, 0.4) is 0 Å². The highest BCUT2D eigenvalue weighted by Crippen LogP contribution is 2.28. The summed E-state index contributed by atoms with van der Waals surface area (Å²) in [4.78, 5) is 34.0. The number of aromatic amines is 1. The van der Waals surface area contributed by atoms with E-state index in [9.17, 15) is 14.0 Å². The molecule has 0 bridgehead atoms. The second-order valence-corrected chi connectivity index (χ2v) is 9.12. The summed E-state index contributed by atoms with van der Waals surface area (Å²) in [5.74, 6) is -0.457. The number of amides is 1. The molecule has 0 saturated carbocycles. The molecule has 186 valence electrons. The molecule has 5 rings (SSSR count). The van der Waals surface area contributed by atoms with Crippen LogP contribution in [-0.2, 0) is 11.3 Å². The fraction of sp³-hybridized carbons (Fsp3) is 0.296. The van der Waals surface area contributed by atoms with Crippen molar-refractivity contribution in [3.8, 4) is 0 Å². The Morgan fingerprint density at radius 3 is 2.89 bits per heavy atom. The van der Waals surface area contributed by atoms with Crippen molar-refractivity contribution < 1.29 is 13.9 Å².